The third kappa shape index (κ3) is 3.30. The zero-order chi connectivity index (χ0) is 13.8. The van der Waals surface area contributed by atoms with Gasteiger partial charge in [-0.2, -0.15) is 0 Å². The first kappa shape index (κ1) is 13.8. The van der Waals surface area contributed by atoms with Gasteiger partial charge in [-0.05, 0) is 37.1 Å². The van der Waals surface area contributed by atoms with Gasteiger partial charge in [-0.25, -0.2) is 4.39 Å². The van der Waals surface area contributed by atoms with Crippen molar-refractivity contribution in [2.75, 3.05) is 19.8 Å². The van der Waals surface area contributed by atoms with Crippen molar-refractivity contribution in [3.8, 4) is 5.75 Å². The molecule has 0 amide bonds. The fraction of sp³-hybridized carbons (Fsp3) is 0.625. The third-order valence-electron chi connectivity index (χ3n) is 4.13. The average molecular weight is 279 g/mol. The number of ether oxygens (including phenoxy) is 2. The molecule has 1 unspecified atom stereocenters. The summed E-state index contributed by atoms with van der Waals surface area (Å²) in [6.07, 6.45) is 5.26. The topological polar surface area (TPSA) is 30.5 Å². The van der Waals surface area contributed by atoms with Gasteiger partial charge in [0, 0.05) is 18.9 Å². The zero-order valence-electron chi connectivity index (χ0n) is 11.7. The van der Waals surface area contributed by atoms with E-state index in [4.69, 9.17) is 9.47 Å². The van der Waals surface area contributed by atoms with Crippen molar-refractivity contribution in [1.82, 2.24) is 5.32 Å². The van der Waals surface area contributed by atoms with Crippen LogP contribution in [0.3, 0.4) is 0 Å². The Morgan fingerprint density at radius 2 is 2.00 bits per heavy atom. The summed E-state index contributed by atoms with van der Waals surface area (Å²) in [6.45, 7) is 2.43. The van der Waals surface area contributed by atoms with Gasteiger partial charge in [0.15, 0.2) is 11.6 Å². The van der Waals surface area contributed by atoms with Gasteiger partial charge < -0.3 is 14.8 Å². The van der Waals surface area contributed by atoms with Crippen LogP contribution in [0, 0.1) is 5.82 Å². The predicted molar refractivity (Wildman–Crippen MR) is 75.5 cm³/mol. The number of benzene rings is 1. The van der Waals surface area contributed by atoms with Crippen LogP contribution in [0.15, 0.2) is 18.2 Å². The maximum atomic E-state index is 14.2. The van der Waals surface area contributed by atoms with Gasteiger partial charge in [0.25, 0.3) is 0 Å². The van der Waals surface area contributed by atoms with Crippen molar-refractivity contribution in [1.29, 1.82) is 0 Å². The molecule has 0 bridgehead atoms. The normalized spacial score (nSPS) is 24.6. The van der Waals surface area contributed by atoms with Crippen LogP contribution in [0.1, 0.15) is 43.7 Å². The van der Waals surface area contributed by atoms with E-state index in [9.17, 15) is 4.39 Å². The minimum atomic E-state index is -0.249. The molecule has 0 spiro atoms. The lowest BCUT2D eigenvalue weighted by Gasteiger charge is -2.25. The van der Waals surface area contributed by atoms with Crippen LogP contribution in [0.4, 0.5) is 4.39 Å². The van der Waals surface area contributed by atoms with Crippen molar-refractivity contribution in [2.24, 2.45) is 0 Å². The maximum absolute atomic E-state index is 14.2. The Labute approximate surface area is 119 Å². The van der Waals surface area contributed by atoms with E-state index >= 15 is 0 Å². The van der Waals surface area contributed by atoms with E-state index in [0.717, 1.165) is 31.4 Å². The Morgan fingerprint density at radius 3 is 2.70 bits per heavy atom. The van der Waals surface area contributed by atoms with Crippen LogP contribution >= 0.6 is 0 Å². The van der Waals surface area contributed by atoms with Crippen LogP contribution in [0.25, 0.3) is 0 Å². The summed E-state index contributed by atoms with van der Waals surface area (Å²) < 4.78 is 25.2. The van der Waals surface area contributed by atoms with Crippen molar-refractivity contribution in [3.63, 3.8) is 0 Å². The SMILES string of the molecule is Fc1cc(C2CCCCN2)ccc1OC1CCOCC1. The van der Waals surface area contributed by atoms with E-state index in [1.165, 1.54) is 12.8 Å². The molecule has 2 aliphatic rings. The molecule has 1 N–H and O–H groups in total. The summed E-state index contributed by atoms with van der Waals surface area (Å²) in [5.41, 5.74) is 1.03. The second-order valence-corrected chi connectivity index (χ2v) is 5.62. The van der Waals surface area contributed by atoms with Gasteiger partial charge in [-0.15, -0.1) is 0 Å². The van der Waals surface area contributed by atoms with Crippen LogP contribution in [0.5, 0.6) is 5.75 Å². The van der Waals surface area contributed by atoms with Crippen LogP contribution in [-0.2, 0) is 4.74 Å². The first-order chi connectivity index (χ1) is 9.83. The molecule has 2 fully saturated rings. The highest BCUT2D eigenvalue weighted by atomic mass is 19.1. The highest BCUT2D eigenvalue weighted by Gasteiger charge is 2.19. The van der Waals surface area contributed by atoms with Crippen LogP contribution in [-0.4, -0.2) is 25.9 Å². The summed E-state index contributed by atoms with van der Waals surface area (Å²) in [5.74, 6) is 0.123. The molecule has 3 nitrogen and oxygen atoms in total. The van der Waals surface area contributed by atoms with E-state index in [0.29, 0.717) is 19.0 Å². The first-order valence-corrected chi connectivity index (χ1v) is 7.60. The smallest absolute Gasteiger partial charge is 0.165 e. The van der Waals surface area contributed by atoms with Crippen molar-refractivity contribution < 1.29 is 13.9 Å². The molecule has 20 heavy (non-hydrogen) atoms. The molecule has 110 valence electrons. The standard InChI is InChI=1S/C16H22FNO2/c17-14-11-12(15-3-1-2-8-18-15)4-5-16(14)20-13-6-9-19-10-7-13/h4-5,11,13,15,18H,1-3,6-10H2. The second-order valence-electron chi connectivity index (χ2n) is 5.62. The third-order valence-corrected chi connectivity index (χ3v) is 4.13. The van der Waals surface area contributed by atoms with E-state index in [2.05, 4.69) is 5.32 Å². The second kappa shape index (κ2) is 6.55. The van der Waals surface area contributed by atoms with Gasteiger partial charge in [-0.3, -0.25) is 0 Å². The maximum Gasteiger partial charge on any atom is 0.165 e. The Hall–Kier alpha value is -1.13. The zero-order valence-corrected chi connectivity index (χ0v) is 11.7. The fourth-order valence-corrected chi connectivity index (χ4v) is 2.94. The summed E-state index contributed by atoms with van der Waals surface area (Å²) in [4.78, 5) is 0. The molecule has 0 aromatic heterocycles. The van der Waals surface area contributed by atoms with Crippen molar-refractivity contribution >= 4 is 0 Å². The molecule has 2 heterocycles. The summed E-state index contributed by atoms with van der Waals surface area (Å²) in [6, 6.07) is 5.67. The number of rotatable bonds is 3. The number of hydrogen-bond donors (Lipinski definition) is 1. The highest BCUT2D eigenvalue weighted by molar-refractivity contribution is 5.31. The molecule has 0 aliphatic carbocycles. The number of halogens is 1. The van der Waals surface area contributed by atoms with E-state index in [-0.39, 0.29) is 18.0 Å². The first-order valence-electron chi connectivity index (χ1n) is 7.60. The Bertz CT molecular complexity index is 440. The number of hydrogen-bond acceptors (Lipinski definition) is 3. The summed E-state index contributed by atoms with van der Waals surface area (Å²) >= 11 is 0. The number of piperidine rings is 1. The fourth-order valence-electron chi connectivity index (χ4n) is 2.94. The lowest BCUT2D eigenvalue weighted by molar-refractivity contribution is 0.0240. The van der Waals surface area contributed by atoms with Gasteiger partial charge in [-0.1, -0.05) is 12.5 Å². The van der Waals surface area contributed by atoms with Crippen molar-refractivity contribution in [2.45, 2.75) is 44.2 Å². The Balaban J connectivity index is 1.66. The van der Waals surface area contributed by atoms with Gasteiger partial charge >= 0.3 is 0 Å². The van der Waals surface area contributed by atoms with Gasteiger partial charge in [0.05, 0.1) is 13.2 Å². The number of nitrogens with one attached hydrogen (secondary N) is 1. The lowest BCUT2D eigenvalue weighted by Crippen LogP contribution is -2.27. The molecule has 2 saturated heterocycles. The molecule has 1 aromatic rings. The van der Waals surface area contributed by atoms with E-state index < -0.39 is 0 Å². The molecule has 2 aliphatic heterocycles. The molecular formula is C16H22FNO2. The summed E-state index contributed by atoms with van der Waals surface area (Å²) in [5, 5.41) is 3.44. The largest absolute Gasteiger partial charge is 0.487 e. The highest BCUT2D eigenvalue weighted by Crippen LogP contribution is 2.28. The summed E-state index contributed by atoms with van der Waals surface area (Å²) in [7, 11) is 0. The monoisotopic (exact) mass is 279 g/mol. The molecular weight excluding hydrogens is 257 g/mol. The molecule has 1 aromatic carbocycles. The minimum Gasteiger partial charge on any atom is -0.487 e. The van der Waals surface area contributed by atoms with Gasteiger partial charge in [0.1, 0.15) is 6.10 Å². The lowest BCUT2D eigenvalue weighted by atomic mass is 9.97. The van der Waals surface area contributed by atoms with Crippen molar-refractivity contribution in [3.05, 3.63) is 29.6 Å². The molecule has 3 rings (SSSR count). The Morgan fingerprint density at radius 1 is 1.15 bits per heavy atom. The minimum absolute atomic E-state index is 0.0805. The average Bonchev–Trinajstić information content (AvgIpc) is 2.51. The molecule has 1 atom stereocenters. The molecule has 4 heteroatoms. The van der Waals surface area contributed by atoms with Gasteiger partial charge in [0.2, 0.25) is 0 Å². The van der Waals surface area contributed by atoms with E-state index in [1.54, 1.807) is 12.1 Å². The predicted octanol–water partition coefficient (Wildman–Crippen LogP) is 3.20. The quantitative estimate of drug-likeness (QED) is 0.921. The van der Waals surface area contributed by atoms with E-state index in [1.807, 2.05) is 6.07 Å². The molecule has 0 radical (unpaired) electrons. The van der Waals surface area contributed by atoms with Crippen LogP contribution in [0.2, 0.25) is 0 Å². The van der Waals surface area contributed by atoms with Crippen LogP contribution < -0.4 is 10.1 Å². The Kier molecular flexibility index (Phi) is 4.53. The molecule has 0 saturated carbocycles.